The van der Waals surface area contributed by atoms with E-state index in [1.54, 1.807) is 7.11 Å². The molecule has 0 radical (unpaired) electrons. The van der Waals surface area contributed by atoms with E-state index in [2.05, 4.69) is 26.0 Å². The number of rotatable bonds is 3. The molecule has 0 saturated carbocycles. The Hall–Kier alpha value is -1.27. The maximum Gasteiger partial charge on any atom is 0.173 e. The number of halogens is 1. The Kier molecular flexibility index (Phi) is 4.66. The van der Waals surface area contributed by atoms with Crippen LogP contribution in [0.4, 0.5) is 5.69 Å². The highest BCUT2D eigenvalue weighted by atomic mass is 79.9. The summed E-state index contributed by atoms with van der Waals surface area (Å²) >= 11 is 3.46. The van der Waals surface area contributed by atoms with E-state index in [9.17, 15) is 0 Å². The van der Waals surface area contributed by atoms with E-state index in [-0.39, 0.29) is 5.84 Å². The van der Waals surface area contributed by atoms with Gasteiger partial charge in [-0.15, -0.1) is 0 Å². The molecule has 1 fully saturated rings. The van der Waals surface area contributed by atoms with Gasteiger partial charge < -0.3 is 20.6 Å². The molecule has 2 rings (SSSR count). The number of benzene rings is 1. The first kappa shape index (κ1) is 14.1. The standard InChI is InChI=1S/C13H18BrN3O2/c1-19-9-5-7-17(8-6-9)11-4-2-3-10(14)12(11)13(15)16-18/h2-4,9,18H,5-8H2,1H3,(H2,15,16). The predicted octanol–water partition coefficient (Wildman–Crippen LogP) is 2.16. The number of nitrogens with two attached hydrogens (primary N) is 1. The first-order valence-corrected chi connectivity index (χ1v) is 7.00. The van der Waals surface area contributed by atoms with Crippen molar-refractivity contribution in [2.24, 2.45) is 10.9 Å². The summed E-state index contributed by atoms with van der Waals surface area (Å²) in [4.78, 5) is 2.24. The van der Waals surface area contributed by atoms with E-state index in [0.29, 0.717) is 6.10 Å². The minimum atomic E-state index is 0.122. The van der Waals surface area contributed by atoms with Crippen LogP contribution < -0.4 is 10.6 Å². The third-order valence-electron chi connectivity index (χ3n) is 3.47. The first-order valence-electron chi connectivity index (χ1n) is 6.21. The topological polar surface area (TPSA) is 71.1 Å². The quantitative estimate of drug-likeness (QED) is 0.386. The number of ether oxygens (including phenoxy) is 1. The summed E-state index contributed by atoms with van der Waals surface area (Å²) in [5, 5.41) is 12.0. The van der Waals surface area contributed by atoms with Crippen molar-refractivity contribution in [1.29, 1.82) is 0 Å². The largest absolute Gasteiger partial charge is 0.409 e. The lowest BCUT2D eigenvalue weighted by molar-refractivity contribution is 0.0819. The molecule has 6 heteroatoms. The minimum Gasteiger partial charge on any atom is -0.409 e. The molecule has 0 spiro atoms. The summed E-state index contributed by atoms with van der Waals surface area (Å²) < 4.78 is 6.20. The van der Waals surface area contributed by atoms with Crippen LogP contribution in [0.2, 0.25) is 0 Å². The lowest BCUT2D eigenvalue weighted by atomic mass is 10.0. The molecule has 0 unspecified atom stereocenters. The smallest absolute Gasteiger partial charge is 0.173 e. The highest BCUT2D eigenvalue weighted by Crippen LogP contribution is 2.30. The Labute approximate surface area is 121 Å². The molecular weight excluding hydrogens is 310 g/mol. The SMILES string of the molecule is COC1CCN(c2cccc(Br)c2/C(N)=N/O)CC1. The molecule has 0 aliphatic carbocycles. The second-order valence-electron chi connectivity index (χ2n) is 4.54. The van der Waals surface area contributed by atoms with E-state index in [0.717, 1.165) is 41.7 Å². The monoisotopic (exact) mass is 327 g/mol. The van der Waals surface area contributed by atoms with E-state index in [4.69, 9.17) is 15.7 Å². The van der Waals surface area contributed by atoms with Gasteiger partial charge in [-0.05, 0) is 40.9 Å². The van der Waals surface area contributed by atoms with E-state index >= 15 is 0 Å². The Bertz CT molecular complexity index is 471. The van der Waals surface area contributed by atoms with Crippen molar-refractivity contribution in [3.8, 4) is 0 Å². The summed E-state index contributed by atoms with van der Waals surface area (Å²) in [6.45, 7) is 1.81. The van der Waals surface area contributed by atoms with Gasteiger partial charge in [0.15, 0.2) is 5.84 Å². The highest BCUT2D eigenvalue weighted by molar-refractivity contribution is 9.10. The van der Waals surface area contributed by atoms with Crippen LogP contribution in [0.5, 0.6) is 0 Å². The van der Waals surface area contributed by atoms with Gasteiger partial charge in [0.1, 0.15) is 0 Å². The van der Waals surface area contributed by atoms with Crippen LogP contribution in [0, 0.1) is 0 Å². The molecule has 104 valence electrons. The molecule has 0 aromatic heterocycles. The molecule has 0 atom stereocenters. The fourth-order valence-corrected chi connectivity index (χ4v) is 2.97. The van der Waals surface area contributed by atoms with Crippen LogP contribution in [0.25, 0.3) is 0 Å². The predicted molar refractivity (Wildman–Crippen MR) is 78.9 cm³/mol. The highest BCUT2D eigenvalue weighted by Gasteiger charge is 2.22. The van der Waals surface area contributed by atoms with Gasteiger partial charge in [-0.3, -0.25) is 0 Å². The van der Waals surface area contributed by atoms with Crippen molar-refractivity contribution in [2.45, 2.75) is 18.9 Å². The number of hydrogen-bond acceptors (Lipinski definition) is 4. The van der Waals surface area contributed by atoms with Crippen molar-refractivity contribution < 1.29 is 9.94 Å². The first-order chi connectivity index (χ1) is 9.17. The van der Waals surface area contributed by atoms with Gasteiger partial charge in [0.2, 0.25) is 0 Å². The molecule has 1 aliphatic rings. The summed E-state index contributed by atoms with van der Waals surface area (Å²) in [7, 11) is 1.75. The minimum absolute atomic E-state index is 0.122. The number of piperidine rings is 1. The Balaban J connectivity index is 2.28. The van der Waals surface area contributed by atoms with Gasteiger partial charge in [-0.1, -0.05) is 11.2 Å². The van der Waals surface area contributed by atoms with Crippen LogP contribution in [0.15, 0.2) is 27.8 Å². The Morgan fingerprint density at radius 3 is 2.74 bits per heavy atom. The molecule has 1 saturated heterocycles. The lowest BCUT2D eigenvalue weighted by Gasteiger charge is -2.34. The van der Waals surface area contributed by atoms with Crippen LogP contribution in [-0.4, -0.2) is 37.3 Å². The molecular formula is C13H18BrN3O2. The zero-order valence-corrected chi connectivity index (χ0v) is 12.4. The van der Waals surface area contributed by atoms with Gasteiger partial charge in [0.25, 0.3) is 0 Å². The zero-order chi connectivity index (χ0) is 13.8. The average molecular weight is 328 g/mol. The number of hydrogen-bond donors (Lipinski definition) is 2. The fraction of sp³-hybridized carbons (Fsp3) is 0.462. The molecule has 1 aliphatic heterocycles. The number of nitrogens with zero attached hydrogens (tertiary/aromatic N) is 2. The number of oxime groups is 1. The summed E-state index contributed by atoms with van der Waals surface area (Å²) in [5.41, 5.74) is 7.50. The fourth-order valence-electron chi connectivity index (χ4n) is 2.41. The van der Waals surface area contributed by atoms with Crippen LogP contribution >= 0.6 is 15.9 Å². The molecule has 19 heavy (non-hydrogen) atoms. The Morgan fingerprint density at radius 1 is 1.47 bits per heavy atom. The second-order valence-corrected chi connectivity index (χ2v) is 5.40. The summed E-state index contributed by atoms with van der Waals surface area (Å²) in [6, 6.07) is 5.83. The van der Waals surface area contributed by atoms with Gasteiger partial charge in [0.05, 0.1) is 11.7 Å². The summed E-state index contributed by atoms with van der Waals surface area (Å²) in [5.74, 6) is 0.122. The van der Waals surface area contributed by atoms with Gasteiger partial charge >= 0.3 is 0 Å². The molecule has 1 aromatic carbocycles. The number of methoxy groups -OCH3 is 1. The lowest BCUT2D eigenvalue weighted by Crippen LogP contribution is -2.37. The van der Waals surface area contributed by atoms with E-state index < -0.39 is 0 Å². The number of amidine groups is 1. The zero-order valence-electron chi connectivity index (χ0n) is 10.8. The molecule has 1 aromatic rings. The molecule has 5 nitrogen and oxygen atoms in total. The molecule has 0 amide bonds. The Morgan fingerprint density at radius 2 is 2.16 bits per heavy atom. The summed E-state index contributed by atoms with van der Waals surface area (Å²) in [6.07, 6.45) is 2.30. The number of anilines is 1. The van der Waals surface area contributed by atoms with Crippen molar-refractivity contribution in [3.63, 3.8) is 0 Å². The normalized spacial score (nSPS) is 17.8. The van der Waals surface area contributed by atoms with Crippen LogP contribution in [-0.2, 0) is 4.74 Å². The maximum atomic E-state index is 8.92. The van der Waals surface area contributed by atoms with Gasteiger partial charge in [-0.2, -0.15) is 0 Å². The van der Waals surface area contributed by atoms with E-state index in [1.807, 2.05) is 18.2 Å². The molecule has 1 heterocycles. The van der Waals surface area contributed by atoms with Gasteiger partial charge in [-0.25, -0.2) is 0 Å². The van der Waals surface area contributed by atoms with E-state index in [1.165, 1.54) is 0 Å². The second kappa shape index (κ2) is 6.25. The van der Waals surface area contributed by atoms with Crippen molar-refractivity contribution in [2.75, 3.05) is 25.1 Å². The van der Waals surface area contributed by atoms with Crippen LogP contribution in [0.3, 0.4) is 0 Å². The van der Waals surface area contributed by atoms with Crippen molar-refractivity contribution in [1.82, 2.24) is 0 Å². The third-order valence-corrected chi connectivity index (χ3v) is 4.13. The van der Waals surface area contributed by atoms with Gasteiger partial charge in [0, 0.05) is 30.4 Å². The average Bonchev–Trinajstić information content (AvgIpc) is 2.46. The van der Waals surface area contributed by atoms with Crippen LogP contribution in [0.1, 0.15) is 18.4 Å². The van der Waals surface area contributed by atoms with Crippen molar-refractivity contribution in [3.05, 3.63) is 28.2 Å². The van der Waals surface area contributed by atoms with Crippen molar-refractivity contribution >= 4 is 27.5 Å². The third kappa shape index (κ3) is 3.01. The molecule has 0 bridgehead atoms. The molecule has 3 N–H and O–H groups in total. The maximum absolute atomic E-state index is 8.92.